The van der Waals surface area contributed by atoms with Gasteiger partial charge in [0.15, 0.2) is 5.65 Å². The highest BCUT2D eigenvalue weighted by Crippen LogP contribution is 2.29. The zero-order valence-electron chi connectivity index (χ0n) is 21.7. The molecule has 0 saturated carbocycles. The third-order valence-electron chi connectivity index (χ3n) is 6.29. The van der Waals surface area contributed by atoms with Gasteiger partial charge in [-0.15, -0.1) is 0 Å². The van der Waals surface area contributed by atoms with Crippen LogP contribution in [0.2, 0.25) is 0 Å². The molecule has 0 fully saturated rings. The van der Waals surface area contributed by atoms with E-state index < -0.39 is 11.9 Å². The molecule has 4 aromatic rings. The van der Waals surface area contributed by atoms with Crippen LogP contribution in [0.1, 0.15) is 49.8 Å². The normalized spacial score (nSPS) is 10.9. The summed E-state index contributed by atoms with van der Waals surface area (Å²) < 4.78 is 24.7. The molecule has 2 aromatic carbocycles. The minimum Gasteiger partial charge on any atom is -0.465 e. The van der Waals surface area contributed by atoms with Gasteiger partial charge in [0.1, 0.15) is 5.82 Å². The third-order valence-corrected chi connectivity index (χ3v) is 6.29. The summed E-state index contributed by atoms with van der Waals surface area (Å²) in [6, 6.07) is 10.4. The average molecular weight is 519 g/mol. The number of hydrogen-bond acceptors (Lipinski definition) is 7. The van der Waals surface area contributed by atoms with E-state index in [-0.39, 0.29) is 35.0 Å². The Morgan fingerprint density at radius 2 is 1.53 bits per heavy atom. The number of carbonyl (C=O) groups excluding carboxylic acids is 3. The topological polar surface area (TPSA) is 112 Å². The van der Waals surface area contributed by atoms with E-state index in [9.17, 15) is 18.8 Å². The van der Waals surface area contributed by atoms with Gasteiger partial charge in [0.05, 0.1) is 31.0 Å². The van der Waals surface area contributed by atoms with Crippen LogP contribution in [0.3, 0.4) is 0 Å². The van der Waals surface area contributed by atoms with Crippen molar-refractivity contribution >= 4 is 29.2 Å². The average Bonchev–Trinajstić information content (AvgIpc) is 3.23. The second-order valence-corrected chi connectivity index (χ2v) is 8.79. The first-order valence-corrected chi connectivity index (χ1v) is 11.9. The molecule has 0 aliphatic carbocycles. The number of benzene rings is 2. The number of anilines is 1. The lowest BCUT2D eigenvalue weighted by molar-refractivity contribution is -0.116. The molecule has 0 aliphatic heterocycles. The first-order chi connectivity index (χ1) is 18.1. The van der Waals surface area contributed by atoms with E-state index in [1.807, 2.05) is 20.8 Å². The number of carbonyl (C=O) groups is 3. The molecule has 0 aliphatic rings. The first kappa shape index (κ1) is 26.5. The maximum Gasteiger partial charge on any atom is 0.337 e. The summed E-state index contributed by atoms with van der Waals surface area (Å²) in [4.78, 5) is 41.6. The fourth-order valence-electron chi connectivity index (χ4n) is 4.42. The van der Waals surface area contributed by atoms with Crippen molar-refractivity contribution in [2.45, 2.75) is 33.6 Å². The Bertz CT molecular complexity index is 1530. The van der Waals surface area contributed by atoms with E-state index in [4.69, 9.17) is 14.5 Å². The Balaban J connectivity index is 1.57. The van der Waals surface area contributed by atoms with Crippen LogP contribution in [-0.2, 0) is 20.7 Å². The number of ether oxygens (including phenoxy) is 2. The van der Waals surface area contributed by atoms with Gasteiger partial charge in [0.25, 0.3) is 0 Å². The number of halogens is 1. The highest BCUT2D eigenvalue weighted by atomic mass is 19.1. The zero-order chi connectivity index (χ0) is 27.6. The monoisotopic (exact) mass is 518 g/mol. The molecule has 196 valence electrons. The second-order valence-electron chi connectivity index (χ2n) is 8.79. The van der Waals surface area contributed by atoms with E-state index in [2.05, 4.69) is 10.4 Å². The van der Waals surface area contributed by atoms with Gasteiger partial charge in [-0.3, -0.25) is 4.79 Å². The van der Waals surface area contributed by atoms with Crippen LogP contribution in [0, 0.1) is 26.6 Å². The number of esters is 2. The first-order valence-electron chi connectivity index (χ1n) is 11.9. The summed E-state index contributed by atoms with van der Waals surface area (Å²) in [6.07, 6.45) is 0.508. The van der Waals surface area contributed by atoms with Gasteiger partial charge < -0.3 is 14.8 Å². The van der Waals surface area contributed by atoms with Crippen molar-refractivity contribution in [2.24, 2.45) is 0 Å². The molecule has 38 heavy (non-hydrogen) atoms. The molecule has 1 amide bonds. The van der Waals surface area contributed by atoms with E-state index in [1.165, 1.54) is 44.6 Å². The summed E-state index contributed by atoms with van der Waals surface area (Å²) in [7, 11) is 2.45. The van der Waals surface area contributed by atoms with Crippen LogP contribution in [0.4, 0.5) is 10.1 Å². The molecule has 9 nitrogen and oxygen atoms in total. The van der Waals surface area contributed by atoms with E-state index >= 15 is 0 Å². The molecule has 2 heterocycles. The van der Waals surface area contributed by atoms with Gasteiger partial charge in [-0.2, -0.15) is 5.10 Å². The molecular weight excluding hydrogens is 491 g/mol. The highest BCUT2D eigenvalue weighted by molar-refractivity contribution is 5.99. The van der Waals surface area contributed by atoms with Crippen LogP contribution < -0.4 is 5.32 Å². The number of aryl methyl sites for hydroxylation is 3. The van der Waals surface area contributed by atoms with Crippen LogP contribution in [0.25, 0.3) is 16.8 Å². The molecular formula is C28H27FN4O5. The van der Waals surface area contributed by atoms with Gasteiger partial charge in [-0.25, -0.2) is 23.5 Å². The summed E-state index contributed by atoms with van der Waals surface area (Å²) in [5, 5.41) is 7.39. The number of aromatic nitrogens is 3. The Morgan fingerprint density at radius 3 is 2.11 bits per heavy atom. The summed E-state index contributed by atoms with van der Waals surface area (Å²) in [5.74, 6) is -1.93. The summed E-state index contributed by atoms with van der Waals surface area (Å²) in [6.45, 7) is 5.66. The van der Waals surface area contributed by atoms with E-state index in [0.29, 0.717) is 12.1 Å². The van der Waals surface area contributed by atoms with Crippen molar-refractivity contribution in [1.29, 1.82) is 0 Å². The Morgan fingerprint density at radius 1 is 0.921 bits per heavy atom. The predicted octanol–water partition coefficient (Wildman–Crippen LogP) is 4.61. The van der Waals surface area contributed by atoms with Gasteiger partial charge in [-0.1, -0.05) is 12.1 Å². The van der Waals surface area contributed by atoms with Gasteiger partial charge in [0, 0.05) is 29.1 Å². The number of hydrogen-bond donors (Lipinski definition) is 1. The number of nitrogens with one attached hydrogen (secondary N) is 1. The van der Waals surface area contributed by atoms with Crippen LogP contribution in [0.15, 0.2) is 42.5 Å². The van der Waals surface area contributed by atoms with Crippen LogP contribution in [-0.4, -0.2) is 46.7 Å². The lowest BCUT2D eigenvalue weighted by Crippen LogP contribution is -2.16. The number of amides is 1. The Kier molecular flexibility index (Phi) is 7.52. The third kappa shape index (κ3) is 5.24. The minimum atomic E-state index is -0.647. The summed E-state index contributed by atoms with van der Waals surface area (Å²) in [5.41, 5.74) is 6.03. The molecule has 2 aromatic heterocycles. The SMILES string of the molecule is COC(=O)c1cc(NC(=O)CCc2c(C)nc3c(-c4ccc(F)cc4)c(C)nn3c2C)cc(C(=O)OC)c1. The smallest absolute Gasteiger partial charge is 0.337 e. The lowest BCUT2D eigenvalue weighted by Gasteiger charge is -2.13. The van der Waals surface area contributed by atoms with Crippen molar-refractivity contribution in [3.63, 3.8) is 0 Å². The summed E-state index contributed by atoms with van der Waals surface area (Å²) >= 11 is 0. The van der Waals surface area contributed by atoms with Crippen LogP contribution in [0.5, 0.6) is 0 Å². The molecule has 10 heteroatoms. The van der Waals surface area contributed by atoms with Crippen molar-refractivity contribution in [3.05, 3.63) is 82.1 Å². The van der Waals surface area contributed by atoms with E-state index in [0.717, 1.165) is 33.8 Å². The van der Waals surface area contributed by atoms with Crippen LogP contribution >= 0.6 is 0 Å². The quantitative estimate of drug-likeness (QED) is 0.356. The molecule has 4 rings (SSSR count). The Labute approximate surface area is 218 Å². The predicted molar refractivity (Wildman–Crippen MR) is 139 cm³/mol. The van der Waals surface area contributed by atoms with Crippen molar-refractivity contribution in [1.82, 2.24) is 14.6 Å². The number of fused-ring (bicyclic) bond motifs is 1. The molecule has 0 saturated heterocycles. The van der Waals surface area contributed by atoms with Gasteiger partial charge in [0.2, 0.25) is 5.91 Å². The largest absolute Gasteiger partial charge is 0.465 e. The minimum absolute atomic E-state index is 0.109. The number of nitrogens with zero attached hydrogens (tertiary/aromatic N) is 3. The van der Waals surface area contributed by atoms with E-state index in [1.54, 1.807) is 16.6 Å². The molecule has 1 N–H and O–H groups in total. The van der Waals surface area contributed by atoms with Crippen molar-refractivity contribution in [2.75, 3.05) is 19.5 Å². The maximum absolute atomic E-state index is 13.4. The highest BCUT2D eigenvalue weighted by Gasteiger charge is 2.19. The number of methoxy groups -OCH3 is 2. The van der Waals surface area contributed by atoms with Gasteiger partial charge >= 0.3 is 11.9 Å². The van der Waals surface area contributed by atoms with Gasteiger partial charge in [-0.05, 0) is 68.7 Å². The van der Waals surface area contributed by atoms with Crippen molar-refractivity contribution in [3.8, 4) is 11.1 Å². The molecule has 0 unspecified atom stereocenters. The fourth-order valence-corrected chi connectivity index (χ4v) is 4.42. The maximum atomic E-state index is 13.4. The van der Waals surface area contributed by atoms with Crippen molar-refractivity contribution < 1.29 is 28.2 Å². The Hall–Kier alpha value is -4.60. The zero-order valence-corrected chi connectivity index (χ0v) is 21.7. The molecule has 0 spiro atoms. The standard InChI is InChI=1S/C28H27FN4O5/c1-15-23(17(3)33-26(30-15)25(16(2)32-33)18-6-8-21(29)9-7-18)10-11-24(34)31-22-13-19(27(35)37-4)12-20(14-22)28(36)38-5/h6-9,12-14H,10-11H2,1-5H3,(H,31,34). The molecule has 0 radical (unpaired) electrons. The molecule has 0 atom stereocenters. The molecule has 0 bridgehead atoms. The second kappa shape index (κ2) is 10.8. The number of rotatable bonds is 7. The lowest BCUT2D eigenvalue weighted by atomic mass is 10.0. The fraction of sp³-hybridized carbons (Fsp3) is 0.250.